The molecule has 0 spiro atoms. The van der Waals surface area contributed by atoms with Gasteiger partial charge in [-0.3, -0.25) is 18.6 Å². The van der Waals surface area contributed by atoms with Gasteiger partial charge in [-0.05, 0) is 89.1 Å². The van der Waals surface area contributed by atoms with Crippen molar-refractivity contribution in [2.75, 3.05) is 33.4 Å². The fraction of sp³-hybridized carbons (Fsp3) is 0.767. The molecule has 0 radical (unpaired) electrons. The average molecular weight is 796 g/mol. The molecule has 2 rings (SSSR count). The van der Waals surface area contributed by atoms with E-state index in [0.29, 0.717) is 19.4 Å². The molecule has 0 aliphatic carbocycles. The van der Waals surface area contributed by atoms with Gasteiger partial charge in [-0.1, -0.05) is 78.1 Å². The quantitative estimate of drug-likeness (QED) is 0.0396. The first-order valence-electron chi connectivity index (χ1n) is 21.3. The van der Waals surface area contributed by atoms with Crippen molar-refractivity contribution < 1.29 is 46.4 Å². The SMILES string of the molecule is CCCc1cc(C)c(CCCCCCCCCCC(=O)OC[C@H](COP(=O)(O)OCCNC)OC(=O)CCCCCCCCc2oc(CCC)c(C)c2C)o1. The van der Waals surface area contributed by atoms with Gasteiger partial charge >= 0.3 is 19.8 Å². The normalized spacial score (nSPS) is 13.2. The Labute approximate surface area is 332 Å². The number of aryl methyl sites for hydroxylation is 5. The van der Waals surface area contributed by atoms with E-state index in [1.807, 2.05) is 0 Å². The van der Waals surface area contributed by atoms with Crippen LogP contribution in [-0.2, 0) is 58.4 Å². The molecule has 0 fully saturated rings. The lowest BCUT2D eigenvalue weighted by molar-refractivity contribution is -0.161. The molecule has 2 aromatic rings. The highest BCUT2D eigenvalue weighted by molar-refractivity contribution is 7.47. The van der Waals surface area contributed by atoms with Crippen LogP contribution >= 0.6 is 7.82 Å². The summed E-state index contributed by atoms with van der Waals surface area (Å²) in [6.45, 7) is 10.4. The Morgan fingerprint density at radius 1 is 0.691 bits per heavy atom. The first-order chi connectivity index (χ1) is 26.5. The predicted molar refractivity (Wildman–Crippen MR) is 217 cm³/mol. The molecular weight excluding hydrogens is 721 g/mol. The standard InChI is InChI=1S/C43H74NO10P/c1-7-23-37-31-34(3)39(52-37)25-19-15-11-9-10-12-17-21-27-42(45)49-32-38(33-51-55(47,48)50-30-29-44-6)53-43(46)28-22-18-14-13-16-20-26-41-36(5)35(4)40(54-41)24-8-2/h31,38,44H,7-30,32-33H2,1-6H3,(H,47,48)/t38-/m1/s1. The maximum atomic E-state index is 12.7. The summed E-state index contributed by atoms with van der Waals surface area (Å²) < 4.78 is 45.4. The van der Waals surface area contributed by atoms with E-state index in [1.54, 1.807) is 7.05 Å². The molecule has 55 heavy (non-hydrogen) atoms. The number of ether oxygens (including phenoxy) is 2. The summed E-state index contributed by atoms with van der Waals surface area (Å²) in [4.78, 5) is 35.2. The van der Waals surface area contributed by atoms with Gasteiger partial charge in [0.2, 0.25) is 0 Å². The number of esters is 2. The summed E-state index contributed by atoms with van der Waals surface area (Å²) >= 11 is 0. The number of nitrogens with one attached hydrogen (secondary N) is 1. The summed E-state index contributed by atoms with van der Waals surface area (Å²) in [6.07, 6.45) is 19.9. The minimum absolute atomic E-state index is 0.0306. The predicted octanol–water partition coefficient (Wildman–Crippen LogP) is 10.5. The number of unbranched alkanes of at least 4 members (excludes halogenated alkanes) is 12. The molecule has 316 valence electrons. The van der Waals surface area contributed by atoms with Crippen molar-refractivity contribution in [3.63, 3.8) is 0 Å². The van der Waals surface area contributed by atoms with Crippen LogP contribution in [0.15, 0.2) is 14.9 Å². The van der Waals surface area contributed by atoms with Gasteiger partial charge in [-0.2, -0.15) is 0 Å². The Balaban J connectivity index is 1.62. The molecule has 0 aromatic carbocycles. The Hall–Kier alpha value is -2.43. The molecule has 0 saturated heterocycles. The molecule has 0 amide bonds. The minimum Gasteiger partial charge on any atom is -0.466 e. The van der Waals surface area contributed by atoms with Crippen LogP contribution in [0.1, 0.15) is 169 Å². The van der Waals surface area contributed by atoms with E-state index >= 15 is 0 Å². The molecule has 2 N–H and O–H groups in total. The lowest BCUT2D eigenvalue weighted by atomic mass is 10.0. The smallest absolute Gasteiger partial charge is 0.466 e. The fourth-order valence-corrected chi connectivity index (χ4v) is 7.36. The van der Waals surface area contributed by atoms with Crippen molar-refractivity contribution in [3.05, 3.63) is 45.8 Å². The molecule has 0 bridgehead atoms. The molecule has 12 heteroatoms. The van der Waals surface area contributed by atoms with Gasteiger partial charge < -0.3 is 28.5 Å². The number of carbonyl (C=O) groups is 2. The van der Waals surface area contributed by atoms with E-state index < -0.39 is 32.5 Å². The van der Waals surface area contributed by atoms with Crippen molar-refractivity contribution in [2.45, 2.75) is 182 Å². The number of carbonyl (C=O) groups excluding carboxylic acids is 2. The second-order valence-electron chi connectivity index (χ2n) is 15.0. The fourth-order valence-electron chi connectivity index (χ4n) is 6.61. The molecule has 0 aliphatic heterocycles. The van der Waals surface area contributed by atoms with E-state index in [1.165, 1.54) is 36.0 Å². The third kappa shape index (κ3) is 21.6. The van der Waals surface area contributed by atoms with E-state index in [0.717, 1.165) is 119 Å². The van der Waals surface area contributed by atoms with Gasteiger partial charge in [0, 0.05) is 45.1 Å². The minimum atomic E-state index is -4.37. The number of phosphoric ester groups is 1. The Bertz CT molecular complexity index is 1390. The summed E-state index contributed by atoms with van der Waals surface area (Å²) in [5, 5.41) is 2.82. The maximum absolute atomic E-state index is 12.7. The number of furan rings is 2. The highest BCUT2D eigenvalue weighted by Crippen LogP contribution is 2.43. The second kappa shape index (κ2) is 28.9. The van der Waals surface area contributed by atoms with E-state index in [9.17, 15) is 19.0 Å². The van der Waals surface area contributed by atoms with E-state index in [2.05, 4.69) is 46.0 Å². The molecule has 0 aliphatic rings. The Morgan fingerprint density at radius 3 is 1.80 bits per heavy atom. The Morgan fingerprint density at radius 2 is 1.22 bits per heavy atom. The van der Waals surface area contributed by atoms with Crippen molar-refractivity contribution >= 4 is 19.8 Å². The van der Waals surface area contributed by atoms with Crippen LogP contribution in [0, 0.1) is 20.8 Å². The van der Waals surface area contributed by atoms with E-state index in [4.69, 9.17) is 27.4 Å². The highest BCUT2D eigenvalue weighted by Gasteiger charge is 2.26. The number of rotatable bonds is 34. The van der Waals surface area contributed by atoms with Gasteiger partial charge in [0.1, 0.15) is 29.6 Å². The third-order valence-corrected chi connectivity index (χ3v) is 11.0. The van der Waals surface area contributed by atoms with Crippen LogP contribution in [0.25, 0.3) is 0 Å². The summed E-state index contributed by atoms with van der Waals surface area (Å²) in [7, 11) is -2.68. The third-order valence-electron chi connectivity index (χ3n) is 10.0. The van der Waals surface area contributed by atoms with Crippen molar-refractivity contribution in [1.82, 2.24) is 5.32 Å². The van der Waals surface area contributed by atoms with Crippen LogP contribution in [0.2, 0.25) is 0 Å². The Kier molecular flexibility index (Phi) is 25.6. The summed E-state index contributed by atoms with van der Waals surface area (Å²) in [5.41, 5.74) is 3.84. The number of phosphoric acid groups is 1. The van der Waals surface area contributed by atoms with Crippen LogP contribution in [-0.4, -0.2) is 56.3 Å². The monoisotopic (exact) mass is 796 g/mol. The van der Waals surface area contributed by atoms with Gasteiger partial charge in [0.05, 0.1) is 13.2 Å². The number of hydrogen-bond acceptors (Lipinski definition) is 10. The van der Waals surface area contributed by atoms with Gasteiger partial charge in [-0.15, -0.1) is 0 Å². The van der Waals surface area contributed by atoms with Crippen molar-refractivity contribution in [2.24, 2.45) is 0 Å². The average Bonchev–Trinajstić information content (AvgIpc) is 3.63. The molecule has 2 atom stereocenters. The zero-order chi connectivity index (χ0) is 40.3. The molecule has 2 aromatic heterocycles. The highest BCUT2D eigenvalue weighted by atomic mass is 31.2. The zero-order valence-corrected chi connectivity index (χ0v) is 36.0. The van der Waals surface area contributed by atoms with Gasteiger partial charge in [0.15, 0.2) is 6.10 Å². The molecule has 0 saturated carbocycles. The molecule has 2 heterocycles. The molecule has 11 nitrogen and oxygen atoms in total. The van der Waals surface area contributed by atoms with Crippen LogP contribution in [0.3, 0.4) is 0 Å². The summed E-state index contributed by atoms with van der Waals surface area (Å²) in [5.74, 6) is 3.61. The van der Waals surface area contributed by atoms with Crippen LogP contribution in [0.5, 0.6) is 0 Å². The lowest BCUT2D eigenvalue weighted by Crippen LogP contribution is -2.29. The van der Waals surface area contributed by atoms with Crippen molar-refractivity contribution in [1.29, 1.82) is 0 Å². The molecule has 1 unspecified atom stereocenters. The largest absolute Gasteiger partial charge is 0.472 e. The van der Waals surface area contributed by atoms with Gasteiger partial charge in [0.25, 0.3) is 0 Å². The number of likely N-dealkylation sites (N-methyl/N-ethyl adjacent to an activating group) is 1. The molecular formula is C43H74NO10P. The maximum Gasteiger partial charge on any atom is 0.472 e. The van der Waals surface area contributed by atoms with Crippen molar-refractivity contribution in [3.8, 4) is 0 Å². The van der Waals surface area contributed by atoms with Crippen LogP contribution in [0.4, 0.5) is 0 Å². The second-order valence-corrected chi connectivity index (χ2v) is 16.4. The van der Waals surface area contributed by atoms with E-state index in [-0.39, 0.29) is 26.1 Å². The lowest BCUT2D eigenvalue weighted by Gasteiger charge is -2.20. The first-order valence-corrected chi connectivity index (χ1v) is 22.8. The number of hydrogen-bond donors (Lipinski definition) is 2. The van der Waals surface area contributed by atoms with Gasteiger partial charge in [-0.25, -0.2) is 4.57 Å². The first kappa shape index (κ1) is 48.7. The zero-order valence-electron chi connectivity index (χ0n) is 35.1. The topological polar surface area (TPSA) is 147 Å². The van der Waals surface area contributed by atoms with Crippen LogP contribution < -0.4 is 5.32 Å². The summed E-state index contributed by atoms with van der Waals surface area (Å²) in [6, 6.07) is 2.18.